The summed E-state index contributed by atoms with van der Waals surface area (Å²) in [4.78, 5) is 36.0. The second-order valence-corrected chi connectivity index (χ2v) is 10.3. The third-order valence-corrected chi connectivity index (χ3v) is 7.75. The number of carbonyl (C=O) groups excluding carboxylic acids is 2. The van der Waals surface area contributed by atoms with Gasteiger partial charge in [-0.2, -0.15) is 5.10 Å². The Morgan fingerprint density at radius 3 is 2.57 bits per heavy atom. The van der Waals surface area contributed by atoms with Gasteiger partial charge < -0.3 is 20.0 Å². The molecule has 6 rings (SSSR count). The third-order valence-electron chi connectivity index (χ3n) is 7.75. The zero-order chi connectivity index (χ0) is 25.4. The molecule has 0 radical (unpaired) electrons. The van der Waals surface area contributed by atoms with E-state index < -0.39 is 0 Å². The average molecular weight is 500 g/mol. The molecule has 5 heterocycles. The van der Waals surface area contributed by atoms with E-state index in [2.05, 4.69) is 63.6 Å². The smallest absolute Gasteiger partial charge is 0.320 e. The normalized spacial score (nSPS) is 18.2. The van der Waals surface area contributed by atoms with Crippen LogP contribution in [0.15, 0.2) is 48.9 Å². The first-order valence-corrected chi connectivity index (χ1v) is 13.2. The highest BCUT2D eigenvalue weighted by Gasteiger charge is 2.34. The minimum atomic E-state index is -0.0462. The largest absolute Gasteiger partial charge is 0.353 e. The summed E-state index contributed by atoms with van der Waals surface area (Å²) in [5, 5.41) is 7.48. The van der Waals surface area contributed by atoms with Crippen molar-refractivity contribution in [3.63, 3.8) is 0 Å². The number of benzene rings is 1. The number of anilines is 1. The van der Waals surface area contributed by atoms with E-state index in [9.17, 15) is 9.59 Å². The van der Waals surface area contributed by atoms with Gasteiger partial charge in [0.1, 0.15) is 11.8 Å². The van der Waals surface area contributed by atoms with Crippen molar-refractivity contribution in [2.45, 2.75) is 32.7 Å². The monoisotopic (exact) mass is 499 g/mol. The van der Waals surface area contributed by atoms with Crippen LogP contribution in [0.3, 0.4) is 0 Å². The van der Waals surface area contributed by atoms with E-state index >= 15 is 0 Å². The fraction of sp³-hybridized carbons (Fsp3) is 0.429. The van der Waals surface area contributed by atoms with Gasteiger partial charge in [0.25, 0.3) is 0 Å². The van der Waals surface area contributed by atoms with Crippen molar-refractivity contribution in [2.75, 3.05) is 44.2 Å². The van der Waals surface area contributed by atoms with E-state index in [0.717, 1.165) is 61.4 Å². The number of urea groups is 1. The topological polar surface area (TPSA) is 86.1 Å². The van der Waals surface area contributed by atoms with Gasteiger partial charge in [0.15, 0.2) is 5.82 Å². The van der Waals surface area contributed by atoms with Crippen molar-refractivity contribution >= 4 is 28.8 Å². The summed E-state index contributed by atoms with van der Waals surface area (Å²) in [6.45, 7) is 7.02. The Morgan fingerprint density at radius 1 is 1.05 bits per heavy atom. The summed E-state index contributed by atoms with van der Waals surface area (Å²) in [5.74, 6) is 0.888. The molecule has 192 valence electrons. The number of fused-ring (bicyclic) bond motifs is 1. The van der Waals surface area contributed by atoms with Crippen LogP contribution in [-0.2, 0) is 11.3 Å². The van der Waals surface area contributed by atoms with Gasteiger partial charge in [-0.1, -0.05) is 35.9 Å². The molecule has 0 bridgehead atoms. The standard InChI is InChI=1S/C28H33N7O2/c1-20-4-6-21(7-5-20)15-29-27(36)24-16-34(17-24)26-25-14-23(18-35(25)31-19-30-26)22-8-12-33(13-9-22)28(37)32-10-2-3-11-32/h4-8,14,18-19,24H,2-3,9-13,15-17H2,1H3,(H,29,36). The average Bonchev–Trinajstić information content (AvgIpc) is 3.58. The van der Waals surface area contributed by atoms with Crippen molar-refractivity contribution in [3.8, 4) is 0 Å². The summed E-state index contributed by atoms with van der Waals surface area (Å²) >= 11 is 0. The summed E-state index contributed by atoms with van der Waals surface area (Å²) in [5.41, 5.74) is 5.60. The lowest BCUT2D eigenvalue weighted by molar-refractivity contribution is -0.125. The molecule has 9 nitrogen and oxygen atoms in total. The first kappa shape index (κ1) is 23.5. The number of aromatic nitrogens is 3. The quantitative estimate of drug-likeness (QED) is 0.583. The molecule has 3 aliphatic heterocycles. The molecule has 3 aromatic rings. The molecule has 3 aliphatic rings. The van der Waals surface area contributed by atoms with Gasteiger partial charge in [0.2, 0.25) is 5.91 Å². The van der Waals surface area contributed by atoms with Crippen molar-refractivity contribution in [1.82, 2.24) is 29.7 Å². The number of nitrogens with one attached hydrogen (secondary N) is 1. The van der Waals surface area contributed by atoms with Crippen LogP contribution in [0.5, 0.6) is 0 Å². The van der Waals surface area contributed by atoms with Crippen LogP contribution in [0.2, 0.25) is 0 Å². The van der Waals surface area contributed by atoms with Crippen LogP contribution in [0, 0.1) is 12.8 Å². The van der Waals surface area contributed by atoms with Crippen LogP contribution >= 0.6 is 0 Å². The molecule has 3 amide bonds. The lowest BCUT2D eigenvalue weighted by Crippen LogP contribution is -2.54. The molecular weight excluding hydrogens is 466 g/mol. The van der Waals surface area contributed by atoms with Gasteiger partial charge in [-0.05, 0) is 49.0 Å². The highest BCUT2D eigenvalue weighted by molar-refractivity contribution is 5.84. The second-order valence-electron chi connectivity index (χ2n) is 10.3. The van der Waals surface area contributed by atoms with Crippen molar-refractivity contribution in [3.05, 3.63) is 65.6 Å². The van der Waals surface area contributed by atoms with E-state index in [1.807, 2.05) is 20.5 Å². The van der Waals surface area contributed by atoms with E-state index in [1.54, 1.807) is 6.33 Å². The molecule has 0 atom stereocenters. The van der Waals surface area contributed by atoms with Crippen LogP contribution < -0.4 is 10.2 Å². The van der Waals surface area contributed by atoms with Crippen molar-refractivity contribution in [1.29, 1.82) is 0 Å². The summed E-state index contributed by atoms with van der Waals surface area (Å²) in [6, 6.07) is 10.5. The van der Waals surface area contributed by atoms with Gasteiger partial charge >= 0.3 is 6.03 Å². The molecule has 37 heavy (non-hydrogen) atoms. The Bertz CT molecular complexity index is 1330. The number of nitrogens with zero attached hydrogens (tertiary/aromatic N) is 6. The maximum Gasteiger partial charge on any atom is 0.320 e. The van der Waals surface area contributed by atoms with E-state index in [-0.39, 0.29) is 17.9 Å². The highest BCUT2D eigenvalue weighted by Crippen LogP contribution is 2.31. The first-order chi connectivity index (χ1) is 18.0. The number of likely N-dealkylation sites (tertiary alicyclic amines) is 1. The van der Waals surface area contributed by atoms with E-state index in [0.29, 0.717) is 26.2 Å². The van der Waals surface area contributed by atoms with Crippen molar-refractivity contribution in [2.24, 2.45) is 5.92 Å². The number of rotatable bonds is 5. The van der Waals surface area contributed by atoms with Gasteiger partial charge in [-0.3, -0.25) is 4.79 Å². The van der Waals surface area contributed by atoms with Crippen LogP contribution in [0.4, 0.5) is 10.6 Å². The number of aryl methyl sites for hydroxylation is 1. The fourth-order valence-electron chi connectivity index (χ4n) is 5.41. The Balaban J connectivity index is 1.08. The number of amides is 3. The highest BCUT2D eigenvalue weighted by atomic mass is 16.2. The number of hydrogen-bond acceptors (Lipinski definition) is 5. The van der Waals surface area contributed by atoms with Crippen LogP contribution in [-0.4, -0.2) is 75.6 Å². The van der Waals surface area contributed by atoms with E-state index in [4.69, 9.17) is 0 Å². The Hall–Kier alpha value is -3.88. The number of hydrogen-bond donors (Lipinski definition) is 1. The SMILES string of the molecule is Cc1ccc(CNC(=O)C2CN(c3ncnn4cc(C5=CCN(C(=O)N6CCCC6)CC5)cc34)C2)cc1. The lowest BCUT2D eigenvalue weighted by Gasteiger charge is -2.39. The van der Waals surface area contributed by atoms with Gasteiger partial charge in [0, 0.05) is 52.0 Å². The summed E-state index contributed by atoms with van der Waals surface area (Å²) in [7, 11) is 0. The minimum absolute atomic E-state index is 0.0462. The predicted molar refractivity (Wildman–Crippen MR) is 142 cm³/mol. The molecule has 0 spiro atoms. The zero-order valence-electron chi connectivity index (χ0n) is 21.3. The first-order valence-electron chi connectivity index (χ1n) is 13.2. The summed E-state index contributed by atoms with van der Waals surface area (Å²) < 4.78 is 1.87. The van der Waals surface area contributed by atoms with Gasteiger partial charge in [-0.15, -0.1) is 0 Å². The minimum Gasteiger partial charge on any atom is -0.353 e. The third kappa shape index (κ3) is 4.77. The van der Waals surface area contributed by atoms with Gasteiger partial charge in [-0.25, -0.2) is 14.3 Å². The maximum atomic E-state index is 12.7. The maximum absolute atomic E-state index is 12.7. The molecule has 1 aromatic carbocycles. The Labute approximate surface area is 216 Å². The Kier molecular flexibility index (Phi) is 6.28. The van der Waals surface area contributed by atoms with Crippen LogP contribution in [0.1, 0.15) is 36.0 Å². The molecule has 2 saturated heterocycles. The predicted octanol–water partition coefficient (Wildman–Crippen LogP) is 3.10. The zero-order valence-corrected chi connectivity index (χ0v) is 21.3. The van der Waals surface area contributed by atoms with Crippen molar-refractivity contribution < 1.29 is 9.59 Å². The lowest BCUT2D eigenvalue weighted by atomic mass is 9.98. The van der Waals surface area contributed by atoms with Gasteiger partial charge in [0.05, 0.1) is 5.92 Å². The molecular formula is C28H33N7O2. The molecule has 2 aromatic heterocycles. The molecule has 0 saturated carbocycles. The molecule has 9 heteroatoms. The fourth-order valence-corrected chi connectivity index (χ4v) is 5.41. The molecule has 0 unspecified atom stereocenters. The second kappa shape index (κ2) is 9.88. The summed E-state index contributed by atoms with van der Waals surface area (Å²) in [6.07, 6.45) is 8.82. The van der Waals surface area contributed by atoms with E-state index in [1.165, 1.54) is 11.1 Å². The molecule has 1 N–H and O–H groups in total. The molecule has 2 fully saturated rings. The molecule has 0 aliphatic carbocycles. The van der Waals surface area contributed by atoms with Crippen LogP contribution in [0.25, 0.3) is 11.1 Å². The number of carbonyl (C=O) groups is 2. The Morgan fingerprint density at radius 2 is 1.84 bits per heavy atom.